The predicted molar refractivity (Wildman–Crippen MR) is 96.1 cm³/mol. The molecule has 0 amide bonds. The van der Waals surface area contributed by atoms with Gasteiger partial charge in [0.2, 0.25) is 0 Å². The molecule has 3 aromatic rings. The molecule has 0 radical (unpaired) electrons. The molecule has 1 heterocycles. The third-order valence-corrected chi connectivity index (χ3v) is 4.30. The number of nitrogens with zero attached hydrogens (tertiary/aromatic N) is 1. The molecule has 4 nitrogen and oxygen atoms in total. The van der Waals surface area contributed by atoms with Crippen LogP contribution < -0.4 is 5.73 Å². The first-order valence-corrected chi connectivity index (χ1v) is 7.96. The summed E-state index contributed by atoms with van der Waals surface area (Å²) < 4.78 is 0. The van der Waals surface area contributed by atoms with Crippen LogP contribution in [0.4, 0.5) is 0 Å². The van der Waals surface area contributed by atoms with Crippen LogP contribution in [0.25, 0.3) is 21.9 Å². The molecule has 0 saturated carbocycles. The third-order valence-electron chi connectivity index (χ3n) is 4.30. The second kappa shape index (κ2) is 6.42. The molecule has 0 aliphatic rings. The summed E-state index contributed by atoms with van der Waals surface area (Å²) in [5, 5.41) is 11.2. The van der Waals surface area contributed by atoms with E-state index in [9.17, 15) is 4.79 Å². The van der Waals surface area contributed by atoms with Crippen molar-refractivity contribution in [2.24, 2.45) is 5.73 Å². The van der Waals surface area contributed by atoms with E-state index in [4.69, 9.17) is 10.8 Å². The normalized spacial score (nSPS) is 11.2. The average Bonchev–Trinajstić information content (AvgIpc) is 2.60. The summed E-state index contributed by atoms with van der Waals surface area (Å²) in [4.78, 5) is 15.5. The first-order chi connectivity index (χ1) is 11.5. The van der Waals surface area contributed by atoms with E-state index in [1.54, 1.807) is 12.1 Å². The summed E-state index contributed by atoms with van der Waals surface area (Å²) in [7, 11) is 0. The fourth-order valence-corrected chi connectivity index (χ4v) is 2.86. The van der Waals surface area contributed by atoms with E-state index in [0.717, 1.165) is 27.6 Å². The minimum absolute atomic E-state index is 0.275. The van der Waals surface area contributed by atoms with Crippen molar-refractivity contribution in [2.75, 3.05) is 0 Å². The molecule has 3 rings (SSSR count). The van der Waals surface area contributed by atoms with Crippen LogP contribution in [0.2, 0.25) is 0 Å². The van der Waals surface area contributed by atoms with Crippen LogP contribution in [-0.4, -0.2) is 16.1 Å². The van der Waals surface area contributed by atoms with Gasteiger partial charge in [-0.3, -0.25) is 4.98 Å². The van der Waals surface area contributed by atoms with E-state index < -0.39 is 5.97 Å². The number of benzene rings is 2. The van der Waals surface area contributed by atoms with Crippen molar-refractivity contribution in [3.05, 3.63) is 65.5 Å². The number of nitrogens with two attached hydrogens (primary N) is 1. The van der Waals surface area contributed by atoms with Crippen LogP contribution in [0.5, 0.6) is 0 Å². The predicted octanol–water partition coefficient (Wildman–Crippen LogP) is 4.18. The maximum Gasteiger partial charge on any atom is 0.335 e. The molecular formula is C20H20N2O2. The van der Waals surface area contributed by atoms with E-state index in [1.807, 2.05) is 18.3 Å². The Morgan fingerprint density at radius 1 is 1.12 bits per heavy atom. The Morgan fingerprint density at radius 3 is 2.42 bits per heavy atom. The van der Waals surface area contributed by atoms with Crippen molar-refractivity contribution in [3.63, 3.8) is 0 Å². The fraction of sp³-hybridized carbons (Fsp3) is 0.200. The molecule has 4 heteroatoms. The quantitative estimate of drug-likeness (QED) is 0.756. The van der Waals surface area contributed by atoms with Crippen molar-refractivity contribution in [3.8, 4) is 11.1 Å². The van der Waals surface area contributed by atoms with Gasteiger partial charge in [-0.15, -0.1) is 0 Å². The van der Waals surface area contributed by atoms with Crippen molar-refractivity contribution >= 4 is 16.7 Å². The van der Waals surface area contributed by atoms with Gasteiger partial charge in [-0.2, -0.15) is 0 Å². The van der Waals surface area contributed by atoms with Crippen LogP contribution in [0.15, 0.2) is 48.7 Å². The molecule has 0 saturated heterocycles. The molecule has 122 valence electrons. The number of aromatic nitrogens is 1. The van der Waals surface area contributed by atoms with Crippen LogP contribution in [0, 0.1) is 0 Å². The number of hydrogen-bond acceptors (Lipinski definition) is 3. The van der Waals surface area contributed by atoms with E-state index in [0.29, 0.717) is 12.5 Å². The number of pyridine rings is 1. The summed E-state index contributed by atoms with van der Waals surface area (Å²) in [6.45, 7) is 4.70. The first-order valence-electron chi connectivity index (χ1n) is 7.96. The zero-order valence-electron chi connectivity index (χ0n) is 13.8. The lowest BCUT2D eigenvalue weighted by Crippen LogP contribution is -2.02. The van der Waals surface area contributed by atoms with Crippen LogP contribution in [0.1, 0.15) is 41.4 Å². The highest BCUT2D eigenvalue weighted by Crippen LogP contribution is 2.31. The fourth-order valence-electron chi connectivity index (χ4n) is 2.86. The van der Waals surface area contributed by atoms with Gasteiger partial charge in [-0.05, 0) is 40.6 Å². The largest absolute Gasteiger partial charge is 0.478 e. The minimum atomic E-state index is -0.926. The SMILES string of the molecule is CC(C)c1ccc2c(-c3ccc(C(=O)O)cc3)cnc(CN)c2c1. The van der Waals surface area contributed by atoms with Gasteiger partial charge in [0.25, 0.3) is 0 Å². The van der Waals surface area contributed by atoms with E-state index in [-0.39, 0.29) is 5.56 Å². The molecule has 0 spiro atoms. The van der Waals surface area contributed by atoms with Gasteiger partial charge >= 0.3 is 5.97 Å². The number of carboxylic acids is 1. The Balaban J connectivity index is 2.19. The lowest BCUT2D eigenvalue weighted by molar-refractivity contribution is 0.0697. The number of rotatable bonds is 4. The van der Waals surface area contributed by atoms with Gasteiger partial charge in [0.15, 0.2) is 0 Å². The maximum atomic E-state index is 11.0. The number of hydrogen-bond donors (Lipinski definition) is 2. The molecule has 0 aliphatic carbocycles. The Morgan fingerprint density at radius 2 is 1.83 bits per heavy atom. The Labute approximate surface area is 141 Å². The summed E-state index contributed by atoms with van der Waals surface area (Å²) in [5.74, 6) is -0.497. The monoisotopic (exact) mass is 320 g/mol. The second-order valence-corrected chi connectivity index (χ2v) is 6.16. The van der Waals surface area contributed by atoms with Crippen molar-refractivity contribution in [1.29, 1.82) is 0 Å². The van der Waals surface area contributed by atoms with Gasteiger partial charge in [-0.25, -0.2) is 4.79 Å². The third kappa shape index (κ3) is 2.88. The second-order valence-electron chi connectivity index (χ2n) is 6.16. The molecule has 0 unspecified atom stereocenters. The molecule has 24 heavy (non-hydrogen) atoms. The number of carboxylic acid groups (broad SMARTS) is 1. The Kier molecular flexibility index (Phi) is 4.32. The molecule has 0 aliphatic heterocycles. The lowest BCUT2D eigenvalue weighted by atomic mass is 9.94. The smallest absolute Gasteiger partial charge is 0.335 e. The van der Waals surface area contributed by atoms with Crippen molar-refractivity contribution < 1.29 is 9.90 Å². The molecule has 0 atom stereocenters. The standard InChI is InChI=1S/C20H20N2O2/c1-12(2)15-7-8-16-17(9-15)19(10-21)22-11-18(16)13-3-5-14(6-4-13)20(23)24/h3-9,11-12H,10,21H2,1-2H3,(H,23,24). The number of aromatic carboxylic acids is 1. The maximum absolute atomic E-state index is 11.0. The van der Waals surface area contributed by atoms with Gasteiger partial charge < -0.3 is 10.8 Å². The van der Waals surface area contributed by atoms with E-state index in [1.165, 1.54) is 5.56 Å². The summed E-state index contributed by atoms with van der Waals surface area (Å²) in [6, 6.07) is 13.3. The molecule has 3 N–H and O–H groups in total. The van der Waals surface area contributed by atoms with Crippen LogP contribution in [0.3, 0.4) is 0 Å². The average molecular weight is 320 g/mol. The Hall–Kier alpha value is -2.72. The molecular weight excluding hydrogens is 300 g/mol. The zero-order valence-corrected chi connectivity index (χ0v) is 13.8. The van der Waals surface area contributed by atoms with Gasteiger partial charge in [0.1, 0.15) is 0 Å². The summed E-state index contributed by atoms with van der Waals surface area (Å²) in [6.07, 6.45) is 1.81. The van der Waals surface area contributed by atoms with Crippen LogP contribution in [-0.2, 0) is 6.54 Å². The highest BCUT2D eigenvalue weighted by atomic mass is 16.4. The first kappa shape index (κ1) is 16.1. The highest BCUT2D eigenvalue weighted by Gasteiger charge is 2.11. The van der Waals surface area contributed by atoms with Crippen molar-refractivity contribution in [1.82, 2.24) is 4.98 Å². The van der Waals surface area contributed by atoms with E-state index >= 15 is 0 Å². The number of carbonyl (C=O) groups is 1. The minimum Gasteiger partial charge on any atom is -0.478 e. The molecule has 1 aromatic heterocycles. The van der Waals surface area contributed by atoms with Crippen molar-refractivity contribution in [2.45, 2.75) is 26.3 Å². The molecule has 0 fully saturated rings. The van der Waals surface area contributed by atoms with Crippen LogP contribution >= 0.6 is 0 Å². The molecule has 2 aromatic carbocycles. The highest BCUT2D eigenvalue weighted by molar-refractivity contribution is 5.98. The van der Waals surface area contributed by atoms with Gasteiger partial charge in [-0.1, -0.05) is 38.1 Å². The number of fused-ring (bicyclic) bond motifs is 1. The topological polar surface area (TPSA) is 76.2 Å². The lowest BCUT2D eigenvalue weighted by Gasteiger charge is -2.13. The molecule has 0 bridgehead atoms. The summed E-state index contributed by atoms with van der Waals surface area (Å²) >= 11 is 0. The Bertz CT molecular complexity index is 899. The van der Waals surface area contributed by atoms with Gasteiger partial charge in [0, 0.05) is 23.7 Å². The zero-order chi connectivity index (χ0) is 17.3. The summed E-state index contributed by atoms with van der Waals surface area (Å²) in [5.41, 5.74) is 10.2. The van der Waals surface area contributed by atoms with E-state index in [2.05, 4.69) is 37.0 Å². The van der Waals surface area contributed by atoms with Gasteiger partial charge in [0.05, 0.1) is 11.3 Å².